The van der Waals surface area contributed by atoms with Gasteiger partial charge in [0.1, 0.15) is 13.2 Å². The van der Waals surface area contributed by atoms with E-state index in [-0.39, 0.29) is 38.0 Å². The number of ether oxygens (including phenoxy) is 2. The highest BCUT2D eigenvalue weighted by Crippen LogP contribution is 2.24. The first-order valence-corrected chi connectivity index (χ1v) is 17.9. The molecule has 0 saturated heterocycles. The Hall–Kier alpha value is 0.530. The van der Waals surface area contributed by atoms with Gasteiger partial charge < -0.3 is 24.6 Å². The quantitative estimate of drug-likeness (QED) is 0.0719. The van der Waals surface area contributed by atoms with Gasteiger partial charge in [-0.05, 0) is 25.8 Å². The number of nitrogens with zero attached hydrogens (tertiary/aromatic N) is 2. The fourth-order valence-electron chi connectivity index (χ4n) is 2.78. The first-order chi connectivity index (χ1) is 16.6. The molecule has 0 radical (unpaired) electrons. The van der Waals surface area contributed by atoms with E-state index in [2.05, 4.69) is 18.1 Å². The summed E-state index contributed by atoms with van der Waals surface area (Å²) < 4.78 is 10.6. The first-order valence-electron chi connectivity index (χ1n) is 11.5. The molecule has 0 saturated carbocycles. The molecule has 0 rings (SSSR count). The summed E-state index contributed by atoms with van der Waals surface area (Å²) in [4.78, 5) is 28.3. The van der Waals surface area contributed by atoms with E-state index in [0.717, 1.165) is 35.3 Å². The van der Waals surface area contributed by atoms with Crippen LogP contribution in [0, 0.1) is 0 Å². The van der Waals surface area contributed by atoms with Crippen LogP contribution in [0.15, 0.2) is 0 Å². The largest absolute Gasteiger partial charge is 0.465 e. The number of thioether (sulfide) groups is 1. The summed E-state index contributed by atoms with van der Waals surface area (Å²) in [6.07, 6.45) is 3.42. The molecule has 34 heavy (non-hydrogen) atoms. The molecule has 0 amide bonds. The van der Waals surface area contributed by atoms with Crippen LogP contribution in [0.2, 0.25) is 0 Å². The monoisotopic (exact) mass is 578 g/mol. The summed E-state index contributed by atoms with van der Waals surface area (Å²) in [5.41, 5.74) is 0. The Kier molecular flexibility index (Phi) is 27.0. The van der Waals surface area contributed by atoms with E-state index in [0.29, 0.717) is 45.9 Å². The zero-order chi connectivity index (χ0) is 25.3. The number of rotatable bonds is 25. The minimum Gasteiger partial charge on any atom is -0.465 e. The number of hydrogen-bond donors (Lipinski definition) is 2. The van der Waals surface area contributed by atoms with Crippen LogP contribution in [-0.2, 0) is 19.1 Å². The molecule has 0 aromatic carbocycles. The highest BCUT2D eigenvalue weighted by Gasteiger charge is 2.13. The Morgan fingerprint density at radius 3 is 1.71 bits per heavy atom. The van der Waals surface area contributed by atoms with E-state index in [9.17, 15) is 9.59 Å². The van der Waals surface area contributed by atoms with Crippen molar-refractivity contribution in [3.8, 4) is 0 Å². The van der Waals surface area contributed by atoms with Crippen molar-refractivity contribution in [2.45, 2.75) is 26.2 Å². The number of aliphatic hydroxyl groups excluding tert-OH is 2. The first kappa shape index (κ1) is 34.5. The maximum absolute atomic E-state index is 12.1. The third kappa shape index (κ3) is 23.0. The van der Waals surface area contributed by atoms with Crippen molar-refractivity contribution in [1.29, 1.82) is 0 Å². The van der Waals surface area contributed by atoms with E-state index in [1.165, 1.54) is 0 Å². The fraction of sp³-hybridized carbons (Fsp3) is 0.905. The molecule has 13 heteroatoms. The van der Waals surface area contributed by atoms with Gasteiger partial charge in [-0.25, -0.2) is 0 Å². The van der Waals surface area contributed by atoms with Crippen LogP contribution in [0.5, 0.6) is 0 Å². The van der Waals surface area contributed by atoms with Crippen LogP contribution in [0.3, 0.4) is 0 Å². The van der Waals surface area contributed by atoms with Crippen molar-refractivity contribution in [3.05, 3.63) is 0 Å². The minimum absolute atomic E-state index is 0.0461. The topological polar surface area (TPSA) is 99.5 Å². The Balaban J connectivity index is 4.39. The van der Waals surface area contributed by atoms with Crippen molar-refractivity contribution in [1.82, 2.24) is 9.80 Å². The molecule has 0 aliphatic carbocycles. The van der Waals surface area contributed by atoms with E-state index in [1.54, 1.807) is 54.9 Å². The van der Waals surface area contributed by atoms with E-state index < -0.39 is 0 Å². The van der Waals surface area contributed by atoms with Crippen molar-refractivity contribution in [2.24, 2.45) is 0 Å². The zero-order valence-corrected chi connectivity index (χ0v) is 24.6. The number of carbonyl (C=O) groups excluding carboxylic acids is 2. The van der Waals surface area contributed by atoms with Gasteiger partial charge in [-0.1, -0.05) is 50.1 Å². The molecular weight excluding hydrogens is 537 g/mol. The summed E-state index contributed by atoms with van der Waals surface area (Å²) in [6.45, 7) is 6.49. The van der Waals surface area contributed by atoms with Crippen LogP contribution >= 0.6 is 54.9 Å². The molecule has 0 fully saturated rings. The van der Waals surface area contributed by atoms with Crippen molar-refractivity contribution in [2.75, 3.05) is 94.3 Å². The van der Waals surface area contributed by atoms with E-state index in [1.807, 2.05) is 4.90 Å². The fourth-order valence-corrected chi connectivity index (χ4v) is 7.23. The molecule has 0 aromatic rings. The lowest BCUT2D eigenvalue weighted by atomic mass is 10.3. The smallest absolute Gasteiger partial charge is 0.307 e. The van der Waals surface area contributed by atoms with Gasteiger partial charge in [-0.2, -0.15) is 11.8 Å². The second kappa shape index (κ2) is 26.6. The van der Waals surface area contributed by atoms with Gasteiger partial charge in [0.05, 0.1) is 26.1 Å². The average molecular weight is 579 g/mol. The summed E-state index contributed by atoms with van der Waals surface area (Å²) in [5.74, 6) is 2.12. The molecule has 0 unspecified atom stereocenters. The van der Waals surface area contributed by atoms with Crippen LogP contribution in [0.1, 0.15) is 26.2 Å². The number of carbonyl (C=O) groups is 2. The summed E-state index contributed by atoms with van der Waals surface area (Å²) in [6, 6.07) is 0. The Morgan fingerprint density at radius 1 is 0.735 bits per heavy atom. The Bertz CT molecular complexity index is 491. The second-order valence-electron chi connectivity index (χ2n) is 7.00. The lowest BCUT2D eigenvalue weighted by Crippen LogP contribution is -2.35. The maximum atomic E-state index is 12.1. The number of aliphatic hydroxyl groups is 2. The molecule has 0 spiro atoms. The SMILES string of the molecule is CCSSCCOC(=O)CCN(CCCN(CCO)CCO)CCC(=O)OCCSSCSC. The van der Waals surface area contributed by atoms with Gasteiger partial charge in [0.25, 0.3) is 0 Å². The summed E-state index contributed by atoms with van der Waals surface area (Å²) in [7, 11) is 6.91. The number of hydrogen-bond acceptors (Lipinski definition) is 13. The minimum atomic E-state index is -0.226. The lowest BCUT2D eigenvalue weighted by Gasteiger charge is -2.24. The third-order valence-corrected chi connectivity index (χ3v) is 10.5. The lowest BCUT2D eigenvalue weighted by molar-refractivity contribution is -0.143. The van der Waals surface area contributed by atoms with Crippen LogP contribution in [0.25, 0.3) is 0 Å². The summed E-state index contributed by atoms with van der Waals surface area (Å²) >= 11 is 1.77. The van der Waals surface area contributed by atoms with Crippen molar-refractivity contribution in [3.63, 3.8) is 0 Å². The van der Waals surface area contributed by atoms with Gasteiger partial charge in [0.15, 0.2) is 0 Å². The molecule has 0 bridgehead atoms. The third-order valence-electron chi connectivity index (χ3n) is 4.36. The maximum Gasteiger partial charge on any atom is 0.307 e. The van der Waals surface area contributed by atoms with Gasteiger partial charge in [0, 0.05) is 48.5 Å². The van der Waals surface area contributed by atoms with Gasteiger partial charge in [-0.3, -0.25) is 14.5 Å². The zero-order valence-electron chi connectivity index (χ0n) is 20.5. The standard InChI is InChI=1S/C21H42N2O6S5/c1-3-31-32-17-15-28-20(26)5-9-22(7-4-8-23(11-13-24)12-14-25)10-6-21(27)29-16-18-33-34-19-30-2/h24-25H,3-19H2,1-2H3. The second-order valence-corrected chi connectivity index (χ2v) is 13.7. The highest BCUT2D eigenvalue weighted by atomic mass is 33.1. The van der Waals surface area contributed by atoms with Crippen molar-refractivity contribution < 1.29 is 29.3 Å². The van der Waals surface area contributed by atoms with Gasteiger partial charge >= 0.3 is 11.9 Å². The molecule has 202 valence electrons. The normalized spacial score (nSPS) is 11.4. The predicted molar refractivity (Wildman–Crippen MR) is 152 cm³/mol. The molecular formula is C21H42N2O6S5. The Labute approximate surface area is 225 Å². The average Bonchev–Trinajstić information content (AvgIpc) is 2.82. The molecule has 0 aromatic heterocycles. The Morgan fingerprint density at radius 2 is 1.24 bits per heavy atom. The molecule has 2 N–H and O–H groups in total. The molecule has 0 aliphatic rings. The molecule has 0 atom stereocenters. The van der Waals surface area contributed by atoms with Crippen LogP contribution in [0.4, 0.5) is 0 Å². The van der Waals surface area contributed by atoms with Crippen LogP contribution < -0.4 is 0 Å². The van der Waals surface area contributed by atoms with E-state index in [4.69, 9.17) is 19.7 Å². The van der Waals surface area contributed by atoms with Gasteiger partial charge in [0.2, 0.25) is 0 Å². The van der Waals surface area contributed by atoms with Crippen molar-refractivity contribution >= 4 is 66.9 Å². The number of esters is 2. The molecule has 0 heterocycles. The highest BCUT2D eigenvalue weighted by molar-refractivity contribution is 8.78. The predicted octanol–water partition coefficient (Wildman–Crippen LogP) is 2.93. The summed E-state index contributed by atoms with van der Waals surface area (Å²) in [5, 5.41) is 19.4. The molecule has 8 nitrogen and oxygen atoms in total. The van der Waals surface area contributed by atoms with Gasteiger partial charge in [-0.15, -0.1) is 0 Å². The van der Waals surface area contributed by atoms with E-state index >= 15 is 0 Å². The molecule has 0 aliphatic heterocycles. The van der Waals surface area contributed by atoms with Crippen LogP contribution in [-0.4, -0.2) is 126 Å².